The van der Waals surface area contributed by atoms with E-state index < -0.39 is 11.7 Å². The zero-order chi connectivity index (χ0) is 18.5. The molecule has 136 valence electrons. The fourth-order valence-electron chi connectivity index (χ4n) is 2.87. The van der Waals surface area contributed by atoms with Gasteiger partial charge in [0.25, 0.3) is 5.91 Å². The van der Waals surface area contributed by atoms with Gasteiger partial charge in [-0.15, -0.1) is 0 Å². The molecule has 1 fully saturated rings. The Morgan fingerprint density at radius 3 is 2.23 bits per heavy atom. The minimum Gasteiger partial charge on any atom is -0.368 e. The normalized spacial score (nSPS) is 14.2. The van der Waals surface area contributed by atoms with Crippen LogP contribution in [-0.2, 0) is 4.79 Å². The van der Waals surface area contributed by atoms with Gasteiger partial charge < -0.3 is 15.1 Å². The Bertz CT molecular complexity index is 788. The third-order valence-electron chi connectivity index (χ3n) is 4.34. The zero-order valence-electron chi connectivity index (χ0n) is 14.1. The second kappa shape index (κ2) is 7.95. The number of hydrogen-bond acceptors (Lipinski definition) is 3. The van der Waals surface area contributed by atoms with E-state index in [-0.39, 0.29) is 23.8 Å². The van der Waals surface area contributed by atoms with Gasteiger partial charge in [0.15, 0.2) is 0 Å². The summed E-state index contributed by atoms with van der Waals surface area (Å²) in [5.41, 5.74) is 0.827. The van der Waals surface area contributed by atoms with E-state index in [2.05, 4.69) is 10.2 Å². The zero-order valence-corrected chi connectivity index (χ0v) is 14.1. The molecule has 1 saturated heterocycles. The van der Waals surface area contributed by atoms with Crippen LogP contribution in [0.15, 0.2) is 48.5 Å². The van der Waals surface area contributed by atoms with Crippen LogP contribution >= 0.6 is 0 Å². The molecule has 1 heterocycles. The highest BCUT2D eigenvalue weighted by Gasteiger charge is 2.22. The molecule has 0 atom stereocenters. The van der Waals surface area contributed by atoms with E-state index >= 15 is 0 Å². The molecule has 0 unspecified atom stereocenters. The molecule has 0 aliphatic carbocycles. The Hall–Kier alpha value is -2.96. The second-order valence-electron chi connectivity index (χ2n) is 6.01. The highest BCUT2D eigenvalue weighted by Crippen LogP contribution is 2.17. The summed E-state index contributed by atoms with van der Waals surface area (Å²) < 4.78 is 26.6. The molecular weight excluding hydrogens is 340 g/mol. The molecule has 0 aromatic heterocycles. The van der Waals surface area contributed by atoms with Crippen LogP contribution in [0.2, 0.25) is 0 Å². The van der Waals surface area contributed by atoms with Gasteiger partial charge in [0.2, 0.25) is 5.91 Å². The summed E-state index contributed by atoms with van der Waals surface area (Å²) in [5, 5.41) is 2.46. The van der Waals surface area contributed by atoms with E-state index in [1.807, 2.05) is 0 Å². The van der Waals surface area contributed by atoms with Crippen molar-refractivity contribution in [2.45, 2.75) is 0 Å². The number of anilines is 1. The van der Waals surface area contributed by atoms with Gasteiger partial charge in [-0.05, 0) is 36.4 Å². The molecular formula is C19H19F2N3O2. The fraction of sp³-hybridized carbons (Fsp3) is 0.263. The van der Waals surface area contributed by atoms with Gasteiger partial charge in [0, 0.05) is 31.9 Å². The minimum atomic E-state index is -0.620. The number of hydrogen-bond donors (Lipinski definition) is 1. The Kier molecular flexibility index (Phi) is 5.46. The maximum absolute atomic E-state index is 13.6. The lowest BCUT2D eigenvalue weighted by Gasteiger charge is -2.36. The summed E-state index contributed by atoms with van der Waals surface area (Å²) in [6, 6.07) is 11.9. The van der Waals surface area contributed by atoms with Gasteiger partial charge in [-0.2, -0.15) is 0 Å². The van der Waals surface area contributed by atoms with Gasteiger partial charge in [-0.3, -0.25) is 9.59 Å². The number of piperazine rings is 1. The van der Waals surface area contributed by atoms with Crippen molar-refractivity contribution in [1.82, 2.24) is 10.2 Å². The van der Waals surface area contributed by atoms with Gasteiger partial charge in [-0.1, -0.05) is 12.1 Å². The lowest BCUT2D eigenvalue weighted by atomic mass is 10.2. The molecule has 0 spiro atoms. The van der Waals surface area contributed by atoms with E-state index in [0.717, 1.165) is 5.69 Å². The first-order valence-electron chi connectivity index (χ1n) is 8.35. The Morgan fingerprint density at radius 1 is 0.923 bits per heavy atom. The predicted molar refractivity (Wildman–Crippen MR) is 93.9 cm³/mol. The van der Waals surface area contributed by atoms with Crippen molar-refractivity contribution in [2.24, 2.45) is 0 Å². The number of carbonyl (C=O) groups excluding carboxylic acids is 2. The molecule has 0 radical (unpaired) electrons. The number of nitrogens with one attached hydrogen (secondary N) is 1. The molecule has 0 saturated carbocycles. The van der Waals surface area contributed by atoms with Gasteiger partial charge in [0.05, 0.1) is 12.1 Å². The van der Waals surface area contributed by atoms with Crippen molar-refractivity contribution >= 4 is 17.5 Å². The largest absolute Gasteiger partial charge is 0.368 e. The Labute approximate surface area is 150 Å². The average Bonchev–Trinajstić information content (AvgIpc) is 2.67. The molecule has 2 amide bonds. The maximum Gasteiger partial charge on any atom is 0.254 e. The minimum absolute atomic E-state index is 0.0820. The van der Waals surface area contributed by atoms with Crippen molar-refractivity contribution in [3.05, 3.63) is 65.7 Å². The lowest BCUT2D eigenvalue weighted by Crippen LogP contribution is -2.51. The number of benzene rings is 2. The fourth-order valence-corrected chi connectivity index (χ4v) is 2.87. The van der Waals surface area contributed by atoms with Gasteiger partial charge >= 0.3 is 0 Å². The molecule has 0 bridgehead atoms. The van der Waals surface area contributed by atoms with Gasteiger partial charge in [0.1, 0.15) is 11.6 Å². The van der Waals surface area contributed by atoms with Crippen molar-refractivity contribution in [3.8, 4) is 0 Å². The first-order chi connectivity index (χ1) is 12.5. The summed E-state index contributed by atoms with van der Waals surface area (Å²) in [5.74, 6) is -1.73. The van der Waals surface area contributed by atoms with E-state index in [9.17, 15) is 18.4 Å². The smallest absolute Gasteiger partial charge is 0.254 e. The second-order valence-corrected chi connectivity index (χ2v) is 6.01. The van der Waals surface area contributed by atoms with Crippen LogP contribution in [0, 0.1) is 11.6 Å². The third kappa shape index (κ3) is 4.17. The molecule has 2 aromatic rings. The van der Waals surface area contributed by atoms with E-state index in [4.69, 9.17) is 0 Å². The van der Waals surface area contributed by atoms with Crippen LogP contribution in [0.5, 0.6) is 0 Å². The molecule has 3 rings (SSSR count). The van der Waals surface area contributed by atoms with Crippen molar-refractivity contribution < 1.29 is 18.4 Å². The van der Waals surface area contributed by atoms with Crippen LogP contribution in [0.3, 0.4) is 0 Å². The average molecular weight is 359 g/mol. The third-order valence-corrected chi connectivity index (χ3v) is 4.34. The summed E-state index contributed by atoms with van der Waals surface area (Å²) in [7, 11) is 0. The summed E-state index contributed by atoms with van der Waals surface area (Å²) in [6.07, 6.45) is 0. The molecule has 2 aromatic carbocycles. The Morgan fingerprint density at radius 2 is 1.58 bits per heavy atom. The molecule has 26 heavy (non-hydrogen) atoms. The standard InChI is InChI=1S/C19H19F2N3O2/c20-14-5-7-15(8-6-14)23-9-11-24(12-10-23)18(25)13-22-19(26)16-3-1-2-4-17(16)21/h1-8H,9-13H2,(H,22,26). The molecule has 5 nitrogen and oxygen atoms in total. The first-order valence-corrected chi connectivity index (χ1v) is 8.35. The van der Waals surface area contributed by atoms with Crippen LogP contribution in [0.1, 0.15) is 10.4 Å². The number of nitrogens with zero attached hydrogens (tertiary/aromatic N) is 2. The number of carbonyl (C=O) groups is 2. The summed E-state index contributed by atoms with van der Waals surface area (Å²) in [6.45, 7) is 2.08. The van der Waals surface area contributed by atoms with Crippen LogP contribution in [0.25, 0.3) is 0 Å². The molecule has 1 N–H and O–H groups in total. The number of halogens is 2. The quantitative estimate of drug-likeness (QED) is 0.909. The van der Waals surface area contributed by atoms with Gasteiger partial charge in [-0.25, -0.2) is 8.78 Å². The molecule has 1 aliphatic heterocycles. The predicted octanol–water partition coefficient (Wildman–Crippen LogP) is 2.04. The number of rotatable bonds is 4. The van der Waals surface area contributed by atoms with Crippen LogP contribution in [-0.4, -0.2) is 49.4 Å². The Balaban J connectivity index is 1.48. The van der Waals surface area contributed by atoms with Crippen LogP contribution in [0.4, 0.5) is 14.5 Å². The number of amides is 2. The van der Waals surface area contributed by atoms with Crippen molar-refractivity contribution in [3.63, 3.8) is 0 Å². The van der Waals surface area contributed by atoms with Crippen LogP contribution < -0.4 is 10.2 Å². The van der Waals surface area contributed by atoms with E-state index in [0.29, 0.717) is 26.2 Å². The monoisotopic (exact) mass is 359 g/mol. The lowest BCUT2D eigenvalue weighted by molar-refractivity contribution is -0.130. The molecule has 1 aliphatic rings. The van der Waals surface area contributed by atoms with Crippen molar-refractivity contribution in [2.75, 3.05) is 37.6 Å². The SMILES string of the molecule is O=C(NCC(=O)N1CCN(c2ccc(F)cc2)CC1)c1ccccc1F. The maximum atomic E-state index is 13.6. The van der Waals surface area contributed by atoms with E-state index in [1.165, 1.54) is 30.3 Å². The highest BCUT2D eigenvalue weighted by atomic mass is 19.1. The molecule has 7 heteroatoms. The summed E-state index contributed by atoms with van der Waals surface area (Å²) in [4.78, 5) is 27.9. The first kappa shape index (κ1) is 17.8. The summed E-state index contributed by atoms with van der Waals surface area (Å²) >= 11 is 0. The van der Waals surface area contributed by atoms with E-state index in [1.54, 1.807) is 23.1 Å². The topological polar surface area (TPSA) is 52.7 Å². The highest BCUT2D eigenvalue weighted by molar-refractivity contribution is 5.96. The van der Waals surface area contributed by atoms with Crippen molar-refractivity contribution in [1.29, 1.82) is 0 Å².